The minimum absolute atomic E-state index is 0.875. The van der Waals surface area contributed by atoms with Gasteiger partial charge in [0.05, 0.1) is 0 Å². The Morgan fingerprint density at radius 2 is 1.80 bits per heavy atom. The van der Waals surface area contributed by atoms with E-state index in [1.165, 1.54) is 64.5 Å². The highest BCUT2D eigenvalue weighted by Crippen LogP contribution is 2.27. The summed E-state index contributed by atoms with van der Waals surface area (Å²) in [5.41, 5.74) is 0. The van der Waals surface area contributed by atoms with Crippen molar-refractivity contribution in [3.05, 3.63) is 0 Å². The summed E-state index contributed by atoms with van der Waals surface area (Å²) in [6.07, 6.45) is 11.7. The fourth-order valence-corrected chi connectivity index (χ4v) is 2.78. The maximum atomic E-state index is 3.54. The third kappa shape index (κ3) is 6.19. The zero-order chi connectivity index (χ0) is 10.9. The van der Waals surface area contributed by atoms with Crippen molar-refractivity contribution in [1.82, 2.24) is 5.32 Å². The molecule has 0 amide bonds. The molecular weight excluding hydrogens is 182 g/mol. The minimum Gasteiger partial charge on any atom is -0.316 e. The highest BCUT2D eigenvalue weighted by Gasteiger charge is 2.14. The second kappa shape index (κ2) is 8.15. The fraction of sp³-hybridized carbons (Fsp3) is 1.00. The van der Waals surface area contributed by atoms with Gasteiger partial charge in [-0.25, -0.2) is 0 Å². The number of hydrogen-bond acceptors (Lipinski definition) is 1. The molecule has 0 aliphatic heterocycles. The maximum Gasteiger partial charge on any atom is -0.00231 e. The third-order valence-corrected chi connectivity index (χ3v) is 3.63. The summed E-state index contributed by atoms with van der Waals surface area (Å²) in [5, 5.41) is 3.54. The van der Waals surface area contributed by atoms with Crippen LogP contribution in [0.3, 0.4) is 0 Å². The lowest BCUT2D eigenvalue weighted by Gasteiger charge is -2.19. The van der Waals surface area contributed by atoms with Crippen LogP contribution >= 0.6 is 0 Å². The normalized spacial score (nSPS) is 21.2. The Morgan fingerprint density at radius 3 is 2.40 bits per heavy atom. The molecule has 1 unspecified atom stereocenters. The number of nitrogens with one attached hydrogen (secondary N) is 1. The van der Waals surface area contributed by atoms with Crippen LogP contribution in [0.2, 0.25) is 0 Å². The van der Waals surface area contributed by atoms with Crippen LogP contribution in [0.25, 0.3) is 0 Å². The second-order valence-electron chi connectivity index (χ2n) is 5.40. The van der Waals surface area contributed by atoms with Gasteiger partial charge < -0.3 is 5.32 Å². The van der Waals surface area contributed by atoms with E-state index in [9.17, 15) is 0 Å². The molecule has 0 aromatic heterocycles. The van der Waals surface area contributed by atoms with Crippen molar-refractivity contribution in [2.75, 3.05) is 13.1 Å². The molecule has 1 heteroatoms. The topological polar surface area (TPSA) is 12.0 Å². The smallest absolute Gasteiger partial charge is 0.00231 e. The summed E-state index contributed by atoms with van der Waals surface area (Å²) in [5.74, 6) is 1.91. The molecule has 1 atom stereocenters. The van der Waals surface area contributed by atoms with Gasteiger partial charge in [-0.05, 0) is 37.8 Å². The molecule has 1 aliphatic rings. The fourth-order valence-electron chi connectivity index (χ4n) is 2.78. The molecule has 0 spiro atoms. The molecule has 0 aromatic rings. The summed E-state index contributed by atoms with van der Waals surface area (Å²) in [4.78, 5) is 0. The first-order valence-electron chi connectivity index (χ1n) is 7.03. The van der Waals surface area contributed by atoms with Crippen LogP contribution in [0.1, 0.15) is 65.2 Å². The highest BCUT2D eigenvalue weighted by atomic mass is 14.8. The van der Waals surface area contributed by atoms with Crippen molar-refractivity contribution < 1.29 is 0 Å². The van der Waals surface area contributed by atoms with Crippen LogP contribution in [-0.4, -0.2) is 13.1 Å². The second-order valence-corrected chi connectivity index (χ2v) is 5.40. The van der Waals surface area contributed by atoms with Crippen molar-refractivity contribution in [2.24, 2.45) is 11.8 Å². The first-order chi connectivity index (χ1) is 7.33. The van der Waals surface area contributed by atoms with E-state index in [4.69, 9.17) is 0 Å². The largest absolute Gasteiger partial charge is 0.316 e. The van der Waals surface area contributed by atoms with E-state index in [0.717, 1.165) is 11.8 Å². The molecule has 1 fully saturated rings. The summed E-state index contributed by atoms with van der Waals surface area (Å²) < 4.78 is 0. The van der Waals surface area contributed by atoms with Crippen LogP contribution < -0.4 is 5.32 Å². The Morgan fingerprint density at radius 1 is 1.13 bits per heavy atom. The lowest BCUT2D eigenvalue weighted by atomic mass is 9.90. The first-order valence-corrected chi connectivity index (χ1v) is 7.03. The van der Waals surface area contributed by atoms with Gasteiger partial charge in [-0.1, -0.05) is 52.4 Å². The van der Waals surface area contributed by atoms with Crippen molar-refractivity contribution in [2.45, 2.75) is 65.2 Å². The van der Waals surface area contributed by atoms with Crippen LogP contribution in [0.5, 0.6) is 0 Å². The Labute approximate surface area is 96.0 Å². The molecule has 0 saturated heterocycles. The average molecular weight is 211 g/mol. The van der Waals surface area contributed by atoms with Gasteiger partial charge in [0.25, 0.3) is 0 Å². The standard InChI is InChI=1S/C14H29N/c1-3-10-15-12-13(2)11-14-8-6-4-5-7-9-14/h13-15H,3-12H2,1-2H3. The van der Waals surface area contributed by atoms with E-state index in [1.54, 1.807) is 0 Å². The lowest BCUT2D eigenvalue weighted by Crippen LogP contribution is -2.23. The summed E-state index contributed by atoms with van der Waals surface area (Å²) >= 11 is 0. The molecule has 1 aliphatic carbocycles. The molecule has 1 nitrogen and oxygen atoms in total. The Hall–Kier alpha value is -0.0400. The summed E-state index contributed by atoms with van der Waals surface area (Å²) in [6, 6.07) is 0. The minimum atomic E-state index is 0.875. The first kappa shape index (κ1) is 13.0. The molecule has 90 valence electrons. The Bertz CT molecular complexity index is 136. The molecule has 1 N–H and O–H groups in total. The van der Waals surface area contributed by atoms with Gasteiger partial charge in [-0.15, -0.1) is 0 Å². The van der Waals surface area contributed by atoms with Crippen molar-refractivity contribution in [1.29, 1.82) is 0 Å². The SMILES string of the molecule is CCCNCC(C)CC1CCCCCC1. The molecule has 0 radical (unpaired) electrons. The molecule has 0 heterocycles. The van der Waals surface area contributed by atoms with E-state index in [0.29, 0.717) is 0 Å². The lowest BCUT2D eigenvalue weighted by molar-refractivity contribution is 0.344. The van der Waals surface area contributed by atoms with Crippen LogP contribution in [-0.2, 0) is 0 Å². The van der Waals surface area contributed by atoms with Gasteiger partial charge in [0.15, 0.2) is 0 Å². The zero-order valence-electron chi connectivity index (χ0n) is 10.7. The van der Waals surface area contributed by atoms with Gasteiger partial charge >= 0.3 is 0 Å². The predicted octanol–water partition coefficient (Wildman–Crippen LogP) is 3.98. The summed E-state index contributed by atoms with van der Waals surface area (Å²) in [6.45, 7) is 7.07. The van der Waals surface area contributed by atoms with E-state index in [-0.39, 0.29) is 0 Å². The third-order valence-electron chi connectivity index (χ3n) is 3.63. The molecule has 1 rings (SSSR count). The zero-order valence-corrected chi connectivity index (χ0v) is 10.7. The van der Waals surface area contributed by atoms with Crippen LogP contribution in [0, 0.1) is 11.8 Å². The predicted molar refractivity (Wildman–Crippen MR) is 68.1 cm³/mol. The number of rotatable bonds is 6. The molecule has 1 saturated carbocycles. The molecule has 0 bridgehead atoms. The van der Waals surface area contributed by atoms with Crippen molar-refractivity contribution in [3.63, 3.8) is 0 Å². The molecular formula is C14H29N. The monoisotopic (exact) mass is 211 g/mol. The van der Waals surface area contributed by atoms with E-state index < -0.39 is 0 Å². The quantitative estimate of drug-likeness (QED) is 0.517. The van der Waals surface area contributed by atoms with Gasteiger partial charge in [-0.3, -0.25) is 0 Å². The van der Waals surface area contributed by atoms with Gasteiger partial charge in [0, 0.05) is 0 Å². The van der Waals surface area contributed by atoms with Crippen LogP contribution in [0.15, 0.2) is 0 Å². The van der Waals surface area contributed by atoms with Gasteiger partial charge in [0.1, 0.15) is 0 Å². The van der Waals surface area contributed by atoms with Crippen molar-refractivity contribution in [3.8, 4) is 0 Å². The Balaban J connectivity index is 2.09. The van der Waals surface area contributed by atoms with Crippen LogP contribution in [0.4, 0.5) is 0 Å². The van der Waals surface area contributed by atoms with E-state index in [1.807, 2.05) is 0 Å². The van der Waals surface area contributed by atoms with Crippen molar-refractivity contribution >= 4 is 0 Å². The van der Waals surface area contributed by atoms with Gasteiger partial charge in [-0.2, -0.15) is 0 Å². The molecule has 0 aromatic carbocycles. The van der Waals surface area contributed by atoms with E-state index >= 15 is 0 Å². The maximum absolute atomic E-state index is 3.54. The highest BCUT2D eigenvalue weighted by molar-refractivity contribution is 4.68. The molecule has 15 heavy (non-hydrogen) atoms. The summed E-state index contributed by atoms with van der Waals surface area (Å²) in [7, 11) is 0. The van der Waals surface area contributed by atoms with Gasteiger partial charge in [0.2, 0.25) is 0 Å². The average Bonchev–Trinajstić information content (AvgIpc) is 2.47. The Kier molecular flexibility index (Phi) is 7.08. The number of hydrogen-bond donors (Lipinski definition) is 1. The van der Waals surface area contributed by atoms with E-state index in [2.05, 4.69) is 19.2 Å².